The van der Waals surface area contributed by atoms with Gasteiger partial charge >= 0.3 is 0 Å². The number of aromatic nitrogens is 3. The molecule has 5 aromatic carbocycles. The van der Waals surface area contributed by atoms with Crippen LogP contribution in [0.15, 0.2) is 125 Å². The van der Waals surface area contributed by atoms with Crippen LogP contribution in [0.4, 0.5) is 17.1 Å². The Labute approximate surface area is 352 Å². The number of ketones is 1. The van der Waals surface area contributed by atoms with Crippen LogP contribution in [-0.4, -0.2) is 61.0 Å². The Morgan fingerprint density at radius 1 is 0.871 bits per heavy atom. The van der Waals surface area contributed by atoms with Gasteiger partial charge in [-0.05, 0) is 54.8 Å². The van der Waals surface area contributed by atoms with Gasteiger partial charge in [-0.1, -0.05) is 74.5 Å². The lowest BCUT2D eigenvalue weighted by Crippen LogP contribution is -2.50. The Morgan fingerprint density at radius 3 is 2.34 bits per heavy atom. The number of aromatic amines is 1. The van der Waals surface area contributed by atoms with Crippen LogP contribution in [0.2, 0.25) is 0 Å². The van der Waals surface area contributed by atoms with E-state index in [9.17, 15) is 34.4 Å². The maximum absolute atomic E-state index is 14.6. The second-order valence-electron chi connectivity index (χ2n) is 16.1. The number of para-hydroxylation sites is 4. The monoisotopic (exact) mass is 827 g/mol. The van der Waals surface area contributed by atoms with Gasteiger partial charge < -0.3 is 14.8 Å². The molecule has 1 spiro atoms. The number of amides is 2. The van der Waals surface area contributed by atoms with Crippen LogP contribution in [0, 0.1) is 27.9 Å². The quantitative estimate of drug-likeness (QED) is 0.0902. The molecule has 2 aromatic heterocycles. The zero-order valence-electron chi connectivity index (χ0n) is 33.5. The number of methoxy groups -OCH3 is 1. The molecule has 308 valence electrons. The number of ether oxygens (including phenoxy) is 1. The minimum Gasteiger partial charge on any atom is -0.494 e. The molecule has 0 saturated carbocycles. The number of rotatable bonds is 6. The first-order valence-electron chi connectivity index (χ1n) is 20.1. The molecule has 3 N–H and O–H groups in total. The summed E-state index contributed by atoms with van der Waals surface area (Å²) in [6.45, 7) is 4.10. The molecule has 2 fully saturated rings. The van der Waals surface area contributed by atoms with Gasteiger partial charge in [0.15, 0.2) is 5.88 Å². The van der Waals surface area contributed by atoms with E-state index in [1.807, 2.05) is 74.5 Å². The van der Waals surface area contributed by atoms with Gasteiger partial charge in [-0.15, -0.1) is 0 Å². The molecule has 0 bridgehead atoms. The van der Waals surface area contributed by atoms with E-state index in [0.29, 0.717) is 56.9 Å². The summed E-state index contributed by atoms with van der Waals surface area (Å²) in [6, 6.07) is 32.5. The Kier molecular flexibility index (Phi) is 8.78. The van der Waals surface area contributed by atoms with Crippen molar-refractivity contribution >= 4 is 62.2 Å². The van der Waals surface area contributed by atoms with Crippen molar-refractivity contribution in [2.45, 2.75) is 31.8 Å². The Bertz CT molecular complexity index is 3190. The molecule has 15 nitrogen and oxygen atoms in total. The maximum atomic E-state index is 14.6. The number of nitrogens with zero attached hydrogens (tertiary/aromatic N) is 5. The van der Waals surface area contributed by atoms with E-state index in [-0.39, 0.29) is 40.3 Å². The first-order chi connectivity index (χ1) is 29.9. The topological polar surface area (TPSA) is 202 Å². The summed E-state index contributed by atoms with van der Waals surface area (Å²) < 4.78 is 6.99. The van der Waals surface area contributed by atoms with Gasteiger partial charge in [0.25, 0.3) is 11.2 Å². The van der Waals surface area contributed by atoms with Crippen LogP contribution in [0.3, 0.4) is 0 Å². The van der Waals surface area contributed by atoms with Crippen LogP contribution >= 0.6 is 0 Å². The highest BCUT2D eigenvalue weighted by atomic mass is 16.6. The number of H-pyrrole nitrogens is 1. The van der Waals surface area contributed by atoms with Crippen molar-refractivity contribution in [1.29, 1.82) is 0 Å². The summed E-state index contributed by atoms with van der Waals surface area (Å²) in [7, 11) is 1.34. The molecule has 62 heavy (non-hydrogen) atoms. The normalized spacial score (nSPS) is 20.6. The lowest BCUT2D eigenvalue weighted by atomic mass is 9.75. The fraction of sp³-hybridized carbons (Fsp3) is 0.191. The number of nitro groups is 1. The van der Waals surface area contributed by atoms with Gasteiger partial charge in [0.2, 0.25) is 17.6 Å². The van der Waals surface area contributed by atoms with Crippen molar-refractivity contribution in [1.82, 2.24) is 19.9 Å². The number of hydrogen-bond donors (Lipinski definition) is 3. The molecular weight excluding hydrogens is 791 g/mol. The summed E-state index contributed by atoms with van der Waals surface area (Å²) in [5, 5.41) is 26.4. The molecule has 6 heterocycles. The summed E-state index contributed by atoms with van der Waals surface area (Å²) in [5.41, 5.74) is 2.98. The van der Waals surface area contributed by atoms with E-state index in [4.69, 9.17) is 9.72 Å². The second kappa shape index (κ2) is 14.2. The van der Waals surface area contributed by atoms with Crippen LogP contribution in [0.25, 0.3) is 27.5 Å². The second-order valence-corrected chi connectivity index (χ2v) is 16.1. The summed E-state index contributed by atoms with van der Waals surface area (Å²) in [5.74, 6) is -2.19. The molecule has 7 aromatic rings. The summed E-state index contributed by atoms with van der Waals surface area (Å²) >= 11 is 0. The van der Waals surface area contributed by atoms with Crippen molar-refractivity contribution in [3.63, 3.8) is 0 Å². The van der Waals surface area contributed by atoms with E-state index in [1.54, 1.807) is 41.0 Å². The zero-order valence-corrected chi connectivity index (χ0v) is 33.5. The maximum Gasteiger partial charge on any atom is 0.273 e. The van der Waals surface area contributed by atoms with Gasteiger partial charge in [0.1, 0.15) is 22.8 Å². The van der Waals surface area contributed by atoms with Crippen molar-refractivity contribution < 1.29 is 29.2 Å². The number of nitrogens with one attached hydrogen (secondary N) is 2. The van der Waals surface area contributed by atoms with E-state index < -0.39 is 40.2 Å². The number of fused-ring (bicyclic) bond motifs is 10. The number of anilines is 1. The van der Waals surface area contributed by atoms with E-state index in [1.165, 1.54) is 25.3 Å². The predicted molar refractivity (Wildman–Crippen MR) is 231 cm³/mol. The number of hydrogen-bond acceptors (Lipinski definition) is 11. The number of carbonyl (C=O) groups excluding carboxylic acids is 3. The fourth-order valence-corrected chi connectivity index (χ4v) is 9.73. The summed E-state index contributed by atoms with van der Waals surface area (Å²) in [6.07, 6.45) is 0.590. The highest BCUT2D eigenvalue weighted by Crippen LogP contribution is 2.57. The van der Waals surface area contributed by atoms with Gasteiger partial charge in [-0.25, -0.2) is 14.9 Å². The van der Waals surface area contributed by atoms with Gasteiger partial charge in [0, 0.05) is 34.1 Å². The molecule has 15 heteroatoms. The van der Waals surface area contributed by atoms with Crippen LogP contribution in [0.5, 0.6) is 11.6 Å². The molecule has 4 atom stereocenters. The number of imide groups is 1. The van der Waals surface area contributed by atoms with Crippen molar-refractivity contribution in [2.75, 3.05) is 12.0 Å². The zero-order chi connectivity index (χ0) is 43.2. The molecule has 2 unspecified atom stereocenters. The van der Waals surface area contributed by atoms with Crippen LogP contribution < -0.4 is 20.5 Å². The first kappa shape index (κ1) is 38.4. The van der Waals surface area contributed by atoms with Crippen LogP contribution in [-0.2, 0) is 15.1 Å². The number of aliphatic imine (C=N–C) groups is 1. The van der Waals surface area contributed by atoms with Crippen molar-refractivity contribution in [3.8, 4) is 17.3 Å². The molecule has 4 aliphatic heterocycles. The number of benzene rings is 5. The Hall–Kier alpha value is -7.78. The minimum absolute atomic E-state index is 0.0221. The molecule has 4 aliphatic rings. The number of aromatic hydroxyl groups is 1. The van der Waals surface area contributed by atoms with E-state index in [2.05, 4.69) is 15.3 Å². The SMILES string of the molecule is COc1cc([N+](=O)[O-])ccc1N1C(=O)[C@H]2C(CC(C)C)NC3(c4ccccc4-n4c3nc3ccccc3c4=O)[C@H]2C1=O.O=C1C(c2c(O)[nH]c3ccccc23)=Nc2ccccc21. The number of nitro benzene ring substituents is 1. The largest absolute Gasteiger partial charge is 0.494 e. The molecule has 2 saturated heterocycles. The number of non-ortho nitro benzene ring substituents is 1. The van der Waals surface area contributed by atoms with E-state index in [0.717, 1.165) is 15.8 Å². The molecule has 0 aliphatic carbocycles. The highest BCUT2D eigenvalue weighted by molar-refractivity contribution is 6.56. The molecule has 0 radical (unpaired) electrons. The first-order valence-corrected chi connectivity index (χ1v) is 20.1. The average Bonchev–Trinajstić information content (AvgIpc) is 4.03. The summed E-state index contributed by atoms with van der Waals surface area (Å²) in [4.78, 5) is 79.5. The molecule has 11 rings (SSSR count). The van der Waals surface area contributed by atoms with Crippen LogP contribution in [0.1, 0.15) is 47.6 Å². The number of Topliss-reactive ketones (excluding diaryl/α,β-unsaturated/α-hetero) is 1. The van der Waals surface area contributed by atoms with Gasteiger partial charge in [0.05, 0.1) is 63.5 Å². The smallest absolute Gasteiger partial charge is 0.273 e. The predicted octanol–water partition coefficient (Wildman–Crippen LogP) is 6.87. The third-order valence-corrected chi connectivity index (χ3v) is 12.2. The fourth-order valence-electron chi connectivity index (χ4n) is 9.73. The van der Waals surface area contributed by atoms with Gasteiger partial charge in [-0.3, -0.25) is 39.2 Å². The lowest BCUT2D eigenvalue weighted by Gasteiger charge is -2.32. The van der Waals surface area contributed by atoms with Crippen molar-refractivity contribution in [2.24, 2.45) is 22.7 Å². The lowest BCUT2D eigenvalue weighted by molar-refractivity contribution is -0.384. The highest BCUT2D eigenvalue weighted by Gasteiger charge is 2.70. The van der Waals surface area contributed by atoms with Crippen molar-refractivity contribution in [3.05, 3.63) is 158 Å². The Morgan fingerprint density at radius 2 is 1.58 bits per heavy atom. The minimum atomic E-state index is -1.26. The third kappa shape index (κ3) is 5.47. The van der Waals surface area contributed by atoms with E-state index >= 15 is 0 Å². The Balaban J connectivity index is 0.000000190. The van der Waals surface area contributed by atoms with Gasteiger partial charge in [-0.2, -0.15) is 0 Å². The standard InChI is InChI=1S/C31H27N5O6.C16H10N2O2/c1-16(2)14-21-25-26(29(39)34(28(25)38)23-13-12-17(36(40)41)15-24(23)42-3)31(33-21)19-9-5-7-11-22(19)35-27(37)18-8-4-6-10-20(18)32-30(31)35;19-15-10-6-2-4-8-12(10)17-14(15)13-9-5-1-3-7-11(9)18-16(13)20/h4-13,15-16,21,25-26,33H,14H2,1-3H3;1-8,18,20H/t21?,25-,26+,31?;/m0./s1. The molecule has 2 amide bonds. The number of carbonyl (C=O) groups is 3. The molecular formula is C47H37N7O8. The third-order valence-electron chi connectivity index (χ3n) is 12.2. The average molecular weight is 828 g/mol.